The van der Waals surface area contributed by atoms with Gasteiger partial charge in [0.1, 0.15) is 34.3 Å². The van der Waals surface area contributed by atoms with Crippen LogP contribution in [0.1, 0.15) is 166 Å². The van der Waals surface area contributed by atoms with Crippen molar-refractivity contribution < 1.29 is 84.4 Å². The number of carboxylic acids is 1. The van der Waals surface area contributed by atoms with Gasteiger partial charge in [-0.3, -0.25) is 9.59 Å². The predicted octanol–water partition coefficient (Wildman–Crippen LogP) is 11.9. The molecule has 6 aliphatic rings. The van der Waals surface area contributed by atoms with E-state index in [9.17, 15) is 50.7 Å². The SMILES string of the molecule is CC1(C)OB(c2cccc(S(=O)(=O)N3CC(CO)C3)c2)OC1(C)C.CCCN(CC#CCNC(=O)OC(C)(C)C)C(=O)C1=Cc2ccc(-c3cccc(S(=O)(=O)N4CC(CO)C4)c3)cc2N=C(N)C1.CCCN(CC#CCNC(=O)OC(C)(C)C)C(=O)C1=Cc2ccc(Br)cc2N=C(N)C1.CCCNCC#CCNC(=O)OC(C)(C)C.NC1=Nc2cc(Br)ccc2C=C(C(=O)O)C1. The summed E-state index contributed by atoms with van der Waals surface area (Å²) in [6, 6.07) is 30.1. The number of hydrogen-bond donors (Lipinski definition) is 10. The van der Waals surface area contributed by atoms with E-state index in [2.05, 4.69) is 111 Å². The van der Waals surface area contributed by atoms with Crippen LogP contribution >= 0.6 is 31.9 Å². The van der Waals surface area contributed by atoms with Crippen molar-refractivity contribution in [2.75, 3.05) is 98.3 Å². The van der Waals surface area contributed by atoms with E-state index in [1.54, 1.807) is 99.9 Å². The molecule has 0 bridgehead atoms. The van der Waals surface area contributed by atoms with Crippen LogP contribution in [0.4, 0.5) is 31.4 Å². The van der Waals surface area contributed by atoms with Gasteiger partial charge in [-0.1, -0.05) is 137 Å². The van der Waals surface area contributed by atoms with E-state index >= 15 is 0 Å². The van der Waals surface area contributed by atoms with Crippen LogP contribution in [0, 0.1) is 47.4 Å². The summed E-state index contributed by atoms with van der Waals surface area (Å²) in [5, 5.41) is 38.2. The van der Waals surface area contributed by atoms with Crippen molar-refractivity contribution in [2.45, 2.75) is 187 Å². The van der Waals surface area contributed by atoms with Gasteiger partial charge in [0.15, 0.2) is 0 Å². The standard InChI is InChI=1S/C33H41N5O6S.C23H29BrN4O3.C16H24BNO5S.C12H22N2O2.C11H9BrN2O2/c1-5-14-37(15-7-6-13-35-32(41)44-33(2,3)4)31(40)27-16-26-12-11-25(18-29(26)36-30(34)19-27)24-9-8-10-28(17-24)45(42,43)38-20-23(21-38)22-39;1-5-11-28(12-7-6-10-26-22(30)31-23(2,3)4)21(29)17-13-16-8-9-18(24)15-19(16)27-20(25)14-17;1-15(2)16(3,4)23-17(22-15)13-6-5-7-14(8-13)24(20,21)18-9-12(10-18)11-19;1-5-8-13-9-6-7-10-14-11(15)16-12(2,3)4;12-8-2-1-6-3-7(11(15)16)4-10(13)14-9(6)5-8/h8-12,16-18,23,39H,5,13-15,19-22H2,1-4H3,(H2,34,36)(H,35,41);8-9,13,15H,5,10-12,14H2,1-4H3,(H2,25,27)(H,26,30);5-8,12,19H,9-11H2,1-4H3;13H,5,8-10H2,1-4H3,(H,14,15);1-3,5H,4H2,(H2,13,14)(H,15,16). The van der Waals surface area contributed by atoms with E-state index < -0.39 is 79.4 Å². The number of amidine groups is 3. The third-order valence-electron chi connectivity index (χ3n) is 20.2. The fourth-order valence-electron chi connectivity index (χ4n) is 12.9. The minimum absolute atomic E-state index is 0.0139. The van der Waals surface area contributed by atoms with Gasteiger partial charge in [0, 0.05) is 126 Å². The molecule has 0 atom stereocenters. The molecule has 0 saturated carbocycles. The number of sulfonamides is 2. The van der Waals surface area contributed by atoms with Crippen LogP contribution < -0.4 is 43.9 Å². The van der Waals surface area contributed by atoms with Gasteiger partial charge < -0.3 is 87.1 Å². The van der Waals surface area contributed by atoms with Crippen molar-refractivity contribution in [3.8, 4) is 46.6 Å². The van der Waals surface area contributed by atoms with Crippen LogP contribution in [0.3, 0.4) is 0 Å². The molecule has 0 radical (unpaired) electrons. The average Bonchev–Trinajstić information content (AvgIpc) is 1.48. The van der Waals surface area contributed by atoms with E-state index in [0.717, 1.165) is 57.1 Å². The van der Waals surface area contributed by atoms with Gasteiger partial charge in [0.2, 0.25) is 20.0 Å². The highest BCUT2D eigenvalue weighted by atomic mass is 79.9. The molecule has 11 rings (SSSR count). The van der Waals surface area contributed by atoms with Gasteiger partial charge in [0.25, 0.3) is 11.8 Å². The lowest BCUT2D eigenvalue weighted by Crippen LogP contribution is -2.51. The zero-order valence-electron chi connectivity index (χ0n) is 78.0. The summed E-state index contributed by atoms with van der Waals surface area (Å²) >= 11 is 6.77. The molecule has 0 aliphatic carbocycles. The Kier molecular flexibility index (Phi) is 40.5. The second-order valence-electron chi connectivity index (χ2n) is 35.5. The van der Waals surface area contributed by atoms with Crippen LogP contribution in [0.15, 0.2) is 154 Å². The van der Waals surface area contributed by atoms with Crippen molar-refractivity contribution in [3.05, 3.63) is 145 Å². The Morgan fingerprint density at radius 1 is 0.508 bits per heavy atom. The summed E-state index contributed by atoms with van der Waals surface area (Å²) in [6.45, 7) is 35.1. The number of carbonyl (C=O) groups is 6. The van der Waals surface area contributed by atoms with Crippen molar-refractivity contribution in [3.63, 3.8) is 0 Å². The second kappa shape index (κ2) is 49.3. The number of halogens is 2. The fourth-order valence-corrected chi connectivity index (χ4v) is 16.9. The van der Waals surface area contributed by atoms with Crippen molar-refractivity contribution in [1.29, 1.82) is 0 Å². The van der Waals surface area contributed by atoms with Gasteiger partial charge in [0.05, 0.1) is 77.3 Å². The molecular weight excluding hydrogens is 1860 g/mol. The maximum atomic E-state index is 13.6. The summed E-state index contributed by atoms with van der Waals surface area (Å²) < 4.78 is 83.4. The van der Waals surface area contributed by atoms with Crippen molar-refractivity contribution in [2.24, 2.45) is 44.0 Å². The first-order valence-electron chi connectivity index (χ1n) is 43.4. The number of nitrogens with two attached hydrogens (primary N) is 3. The molecule has 132 heavy (non-hydrogen) atoms. The number of aliphatic imine (C=N–C) groups is 3. The predicted molar refractivity (Wildman–Crippen MR) is 523 cm³/mol. The van der Waals surface area contributed by atoms with Crippen LogP contribution in [0.25, 0.3) is 29.4 Å². The molecule has 13 N–H and O–H groups in total. The van der Waals surface area contributed by atoms with E-state index in [1.165, 1.54) is 8.61 Å². The summed E-state index contributed by atoms with van der Waals surface area (Å²) in [5.41, 5.74) is 23.2. The summed E-state index contributed by atoms with van der Waals surface area (Å²) in [7, 11) is -7.80. The summed E-state index contributed by atoms with van der Waals surface area (Å²) in [6.07, 6.45) is 6.95. The number of aliphatic carboxylic acids is 1. The lowest BCUT2D eigenvalue weighted by atomic mass is 9.79. The number of fused-ring (bicyclic) bond motifs is 3. The van der Waals surface area contributed by atoms with Gasteiger partial charge in [-0.15, -0.1) is 0 Å². The maximum Gasteiger partial charge on any atom is 0.494 e. The number of aliphatic hydroxyl groups excluding tert-OH is 2. The Morgan fingerprint density at radius 3 is 1.27 bits per heavy atom. The van der Waals surface area contributed by atoms with Crippen LogP contribution in [0.2, 0.25) is 0 Å². The molecule has 6 aliphatic heterocycles. The molecule has 5 aromatic carbocycles. The van der Waals surface area contributed by atoms with E-state index in [-0.39, 0.29) is 104 Å². The summed E-state index contributed by atoms with van der Waals surface area (Å²) in [5.74, 6) is 17.1. The molecule has 3 fully saturated rings. The number of carboxylic acid groups (broad SMARTS) is 1. The number of nitrogens with zero attached hydrogens (tertiary/aromatic N) is 7. The Bertz CT molecular complexity index is 5580. The molecule has 0 spiro atoms. The van der Waals surface area contributed by atoms with E-state index in [1.807, 2.05) is 135 Å². The Hall–Kier alpha value is -10.7. The summed E-state index contributed by atoms with van der Waals surface area (Å²) in [4.78, 5) is 89.3. The monoisotopic (exact) mass is 1980 g/mol. The molecule has 6 heterocycles. The maximum absolute atomic E-state index is 13.6. The first-order valence-corrected chi connectivity index (χ1v) is 47.9. The van der Waals surface area contributed by atoms with Gasteiger partial charge in [-0.2, -0.15) is 8.61 Å². The van der Waals surface area contributed by atoms with Crippen molar-refractivity contribution in [1.82, 2.24) is 39.7 Å². The number of alkyl carbamates (subject to hydrolysis) is 3. The first-order chi connectivity index (χ1) is 62.0. The number of amides is 5. The largest absolute Gasteiger partial charge is 0.494 e. The molecular formula is C95H125BBr2N14O18S2. The van der Waals surface area contributed by atoms with Crippen LogP contribution in [0.5, 0.6) is 0 Å². The Morgan fingerprint density at radius 2 is 0.871 bits per heavy atom. The molecule has 5 amide bonds. The first kappa shape index (κ1) is 108. The highest BCUT2D eigenvalue weighted by Crippen LogP contribution is 2.39. The minimum atomic E-state index is -3.67. The average molecular weight is 1990 g/mol. The topological polar surface area (TPSA) is 454 Å². The normalized spacial score (nSPS) is 15.7. The molecule has 0 aromatic heterocycles. The second-order valence-corrected chi connectivity index (χ2v) is 41.2. The lowest BCUT2D eigenvalue weighted by molar-refractivity contribution is -0.132. The zero-order chi connectivity index (χ0) is 97.7. The van der Waals surface area contributed by atoms with Gasteiger partial charge in [-0.25, -0.2) is 51.0 Å². The number of rotatable bonds is 23. The highest BCUT2D eigenvalue weighted by Gasteiger charge is 2.52. The number of ether oxygens (including phenoxy) is 3. The number of hydrogen-bond acceptors (Lipinski definition) is 24. The van der Waals surface area contributed by atoms with Gasteiger partial charge in [-0.05, 0) is 205 Å². The van der Waals surface area contributed by atoms with Crippen LogP contribution in [-0.2, 0) is 57.9 Å². The Labute approximate surface area is 793 Å². The molecule has 37 heteroatoms. The number of nitrogens with one attached hydrogen (secondary N) is 4. The van der Waals surface area contributed by atoms with Crippen LogP contribution in [-0.4, -0.2) is 238 Å². The fraction of sp³-hybridized carbons (Fsp3) is 0.463. The molecule has 5 aromatic rings. The third kappa shape index (κ3) is 34.1. The van der Waals surface area contributed by atoms with Gasteiger partial charge >= 0.3 is 31.4 Å². The minimum Gasteiger partial charge on any atom is -0.478 e. The van der Waals surface area contributed by atoms with E-state index in [0.29, 0.717) is 103 Å². The lowest BCUT2D eigenvalue weighted by Gasteiger charge is -2.36. The quantitative estimate of drug-likeness (QED) is 0.0126. The number of carbonyl (C=O) groups excluding carboxylic acids is 5. The highest BCUT2D eigenvalue weighted by molar-refractivity contribution is 9.10. The number of aliphatic hydroxyl groups is 2. The third-order valence-corrected chi connectivity index (χ3v) is 24.8. The molecule has 32 nitrogen and oxygen atoms in total. The molecule has 3 saturated heterocycles. The zero-order valence-corrected chi connectivity index (χ0v) is 82.8. The smallest absolute Gasteiger partial charge is 0.478 e. The Balaban J connectivity index is 0.000000239. The molecule has 712 valence electrons. The van der Waals surface area contributed by atoms with Crippen molar-refractivity contribution >= 4 is 153 Å². The molecule has 0 unspecified atom stereocenters. The number of benzene rings is 5. The van der Waals surface area contributed by atoms with E-state index in [4.69, 9.17) is 50.9 Å².